The minimum Gasteiger partial charge on any atom is -0.376 e. The quantitative estimate of drug-likeness (QED) is 0.604. The Morgan fingerprint density at radius 1 is 1.15 bits per heavy atom. The number of sulfonamides is 1. The van der Waals surface area contributed by atoms with E-state index in [0.717, 1.165) is 36.1 Å². The summed E-state index contributed by atoms with van der Waals surface area (Å²) in [5.41, 5.74) is 2.38. The normalized spacial score (nSPS) is 20.0. The molecule has 2 heterocycles. The van der Waals surface area contributed by atoms with Crippen LogP contribution in [0.2, 0.25) is 0 Å². The van der Waals surface area contributed by atoms with Crippen LogP contribution in [-0.4, -0.2) is 74.9 Å². The van der Waals surface area contributed by atoms with E-state index in [1.165, 1.54) is 23.8 Å². The van der Waals surface area contributed by atoms with Crippen molar-refractivity contribution in [3.05, 3.63) is 65.2 Å². The first-order chi connectivity index (χ1) is 16.3. The fourth-order valence-corrected chi connectivity index (χ4v) is 5.63. The summed E-state index contributed by atoms with van der Waals surface area (Å²) in [6.07, 6.45) is 0.225. The van der Waals surface area contributed by atoms with E-state index < -0.39 is 10.0 Å². The third-order valence-electron chi connectivity index (χ3n) is 5.91. The number of nitrogens with one attached hydrogen (secondary N) is 2. The molecular weight excluding hydrogens is 456 g/mol. The topological polar surface area (TPSA) is 108 Å². The summed E-state index contributed by atoms with van der Waals surface area (Å²) >= 11 is 0. The molecule has 9 nitrogen and oxygen atoms in total. The highest BCUT2D eigenvalue weighted by atomic mass is 32.2. The Balaban J connectivity index is 1.38. The Morgan fingerprint density at radius 3 is 2.74 bits per heavy atom. The molecule has 0 radical (unpaired) electrons. The molecule has 1 unspecified atom stereocenters. The van der Waals surface area contributed by atoms with Gasteiger partial charge in [-0.2, -0.15) is 4.31 Å². The summed E-state index contributed by atoms with van der Waals surface area (Å²) in [6, 6.07) is 14.0. The van der Waals surface area contributed by atoms with Gasteiger partial charge < -0.3 is 15.4 Å². The zero-order chi connectivity index (χ0) is 24.1. The van der Waals surface area contributed by atoms with Crippen molar-refractivity contribution in [2.45, 2.75) is 31.0 Å². The first-order valence-electron chi connectivity index (χ1n) is 11.4. The molecule has 0 bridgehead atoms. The number of rotatable bonds is 7. The lowest BCUT2D eigenvalue weighted by Crippen LogP contribution is -2.49. The average molecular weight is 487 g/mol. The van der Waals surface area contributed by atoms with Gasteiger partial charge in [-0.3, -0.25) is 14.5 Å². The van der Waals surface area contributed by atoms with Crippen LogP contribution in [0.3, 0.4) is 0 Å². The number of piperazine rings is 1. The summed E-state index contributed by atoms with van der Waals surface area (Å²) in [4.78, 5) is 26.7. The third kappa shape index (κ3) is 6.01. The zero-order valence-corrected chi connectivity index (χ0v) is 20.0. The van der Waals surface area contributed by atoms with E-state index in [9.17, 15) is 18.0 Å². The molecule has 2 N–H and O–H groups in total. The standard InChI is InChI=1S/C24H30N4O5S/c1-18-15-27(10-11-33-18)16-20-5-2-4-19(12-20)14-26-24(30)21-6-3-7-22(13-21)34(31,32)28-9-8-25-23(29)17-28/h2-7,12-13,18H,8-11,14-17H2,1H3,(H,25,29)(H,26,30). The lowest BCUT2D eigenvalue weighted by molar-refractivity contribution is -0.122. The Labute approximate surface area is 200 Å². The maximum atomic E-state index is 12.9. The minimum absolute atomic E-state index is 0.00316. The molecule has 2 aromatic rings. The van der Waals surface area contributed by atoms with Gasteiger partial charge in [0, 0.05) is 44.8 Å². The summed E-state index contributed by atoms with van der Waals surface area (Å²) in [5.74, 6) is -0.699. The third-order valence-corrected chi connectivity index (χ3v) is 7.75. The molecule has 0 aromatic heterocycles. The van der Waals surface area contributed by atoms with Gasteiger partial charge in [0.2, 0.25) is 15.9 Å². The molecule has 2 saturated heterocycles. The average Bonchev–Trinajstić information content (AvgIpc) is 2.83. The van der Waals surface area contributed by atoms with Crippen LogP contribution >= 0.6 is 0 Å². The number of benzene rings is 2. The molecule has 2 fully saturated rings. The highest BCUT2D eigenvalue weighted by Crippen LogP contribution is 2.18. The summed E-state index contributed by atoms with van der Waals surface area (Å²) in [6.45, 7) is 5.98. The van der Waals surface area contributed by atoms with Gasteiger partial charge in [-0.1, -0.05) is 30.3 Å². The van der Waals surface area contributed by atoms with Crippen molar-refractivity contribution in [3.8, 4) is 0 Å². The largest absolute Gasteiger partial charge is 0.376 e. The van der Waals surface area contributed by atoms with Crippen LogP contribution in [0.15, 0.2) is 53.4 Å². The van der Waals surface area contributed by atoms with E-state index >= 15 is 0 Å². The lowest BCUT2D eigenvalue weighted by atomic mass is 10.1. The first kappa shape index (κ1) is 24.3. The van der Waals surface area contributed by atoms with Gasteiger partial charge in [0.15, 0.2) is 0 Å². The van der Waals surface area contributed by atoms with Crippen molar-refractivity contribution in [3.63, 3.8) is 0 Å². The van der Waals surface area contributed by atoms with E-state index in [4.69, 9.17) is 4.74 Å². The van der Waals surface area contributed by atoms with Crippen LogP contribution in [-0.2, 0) is 32.6 Å². The second-order valence-corrected chi connectivity index (χ2v) is 10.6. The molecule has 4 rings (SSSR count). The maximum absolute atomic E-state index is 12.9. The van der Waals surface area contributed by atoms with Gasteiger partial charge in [0.05, 0.1) is 24.2 Å². The van der Waals surface area contributed by atoms with Gasteiger partial charge in [0.25, 0.3) is 5.91 Å². The molecule has 2 aliphatic heterocycles. The lowest BCUT2D eigenvalue weighted by Gasteiger charge is -2.31. The molecule has 2 aromatic carbocycles. The highest BCUT2D eigenvalue weighted by molar-refractivity contribution is 7.89. The smallest absolute Gasteiger partial charge is 0.251 e. The fraction of sp³-hybridized carbons (Fsp3) is 0.417. The van der Waals surface area contributed by atoms with Crippen molar-refractivity contribution in [2.24, 2.45) is 0 Å². The van der Waals surface area contributed by atoms with Crippen LogP contribution in [0.5, 0.6) is 0 Å². The summed E-state index contributed by atoms with van der Waals surface area (Å²) in [7, 11) is -3.86. The highest BCUT2D eigenvalue weighted by Gasteiger charge is 2.29. The van der Waals surface area contributed by atoms with Crippen LogP contribution in [0.4, 0.5) is 0 Å². The Morgan fingerprint density at radius 2 is 1.94 bits per heavy atom. The Hall–Kier alpha value is -2.79. The molecule has 2 amide bonds. The second kappa shape index (κ2) is 10.6. The van der Waals surface area contributed by atoms with Gasteiger partial charge in [-0.25, -0.2) is 8.42 Å². The number of ether oxygens (including phenoxy) is 1. The number of carbonyl (C=O) groups excluding carboxylic acids is 2. The first-order valence-corrected chi connectivity index (χ1v) is 12.8. The van der Waals surface area contributed by atoms with E-state index in [-0.39, 0.29) is 48.0 Å². The van der Waals surface area contributed by atoms with E-state index in [2.05, 4.69) is 34.6 Å². The van der Waals surface area contributed by atoms with Crippen molar-refractivity contribution < 1.29 is 22.7 Å². The Bertz CT molecular complexity index is 1150. The van der Waals surface area contributed by atoms with Gasteiger partial charge in [0.1, 0.15) is 0 Å². The molecule has 1 atom stereocenters. The molecule has 182 valence electrons. The second-order valence-electron chi connectivity index (χ2n) is 8.64. The number of carbonyl (C=O) groups is 2. The predicted molar refractivity (Wildman–Crippen MR) is 127 cm³/mol. The molecule has 34 heavy (non-hydrogen) atoms. The SMILES string of the molecule is CC1CN(Cc2cccc(CNC(=O)c3cccc(S(=O)(=O)N4CCNC(=O)C4)c3)c2)CCO1. The number of nitrogens with zero attached hydrogens (tertiary/aromatic N) is 2. The number of morpholine rings is 1. The molecule has 2 aliphatic rings. The van der Waals surface area contributed by atoms with Crippen molar-refractivity contribution in [1.82, 2.24) is 19.8 Å². The molecular formula is C24H30N4O5S. The summed E-state index contributed by atoms with van der Waals surface area (Å²) < 4.78 is 32.5. The van der Waals surface area contributed by atoms with Crippen LogP contribution in [0.25, 0.3) is 0 Å². The molecule has 0 saturated carbocycles. The van der Waals surface area contributed by atoms with E-state index in [1.54, 1.807) is 6.07 Å². The fourth-order valence-electron chi connectivity index (χ4n) is 4.18. The van der Waals surface area contributed by atoms with Gasteiger partial charge in [-0.15, -0.1) is 0 Å². The maximum Gasteiger partial charge on any atom is 0.251 e. The monoisotopic (exact) mass is 486 g/mol. The number of hydrogen-bond donors (Lipinski definition) is 2. The molecule has 0 aliphatic carbocycles. The molecule has 10 heteroatoms. The van der Waals surface area contributed by atoms with Crippen molar-refractivity contribution >= 4 is 21.8 Å². The van der Waals surface area contributed by atoms with Crippen LogP contribution in [0.1, 0.15) is 28.4 Å². The van der Waals surface area contributed by atoms with Crippen molar-refractivity contribution in [2.75, 3.05) is 39.3 Å². The van der Waals surface area contributed by atoms with Crippen LogP contribution in [0, 0.1) is 0 Å². The number of hydrogen-bond acceptors (Lipinski definition) is 6. The Kier molecular flexibility index (Phi) is 7.62. The minimum atomic E-state index is -3.86. The van der Waals surface area contributed by atoms with Crippen LogP contribution < -0.4 is 10.6 Å². The van der Waals surface area contributed by atoms with Gasteiger partial charge >= 0.3 is 0 Å². The van der Waals surface area contributed by atoms with E-state index in [0.29, 0.717) is 6.54 Å². The number of amides is 2. The van der Waals surface area contributed by atoms with Crippen molar-refractivity contribution in [1.29, 1.82) is 0 Å². The summed E-state index contributed by atoms with van der Waals surface area (Å²) in [5, 5.41) is 5.48. The van der Waals surface area contributed by atoms with Gasteiger partial charge in [-0.05, 0) is 36.2 Å². The predicted octanol–water partition coefficient (Wildman–Crippen LogP) is 0.958. The molecule has 0 spiro atoms. The van der Waals surface area contributed by atoms with E-state index in [1.807, 2.05) is 12.1 Å². The zero-order valence-electron chi connectivity index (χ0n) is 19.2.